The first-order valence-corrected chi connectivity index (χ1v) is 7.10. The fourth-order valence-corrected chi connectivity index (χ4v) is 2.76. The average molecular weight is 268 g/mol. The SMILES string of the molecule is Cc1c(-c2cccc3c2OCC3)nc(C2CC2)[nH]c1=O. The van der Waals surface area contributed by atoms with E-state index < -0.39 is 0 Å². The first-order chi connectivity index (χ1) is 9.74. The molecule has 1 aliphatic carbocycles. The maximum absolute atomic E-state index is 12.1. The summed E-state index contributed by atoms with van der Waals surface area (Å²) in [6.45, 7) is 2.54. The molecule has 1 fully saturated rings. The van der Waals surface area contributed by atoms with E-state index in [0.29, 0.717) is 18.1 Å². The quantitative estimate of drug-likeness (QED) is 0.910. The number of benzene rings is 1. The number of hydrogen-bond donors (Lipinski definition) is 1. The van der Waals surface area contributed by atoms with Crippen LogP contribution in [0.2, 0.25) is 0 Å². The van der Waals surface area contributed by atoms with E-state index in [9.17, 15) is 4.79 Å². The van der Waals surface area contributed by atoms with Gasteiger partial charge in [0.05, 0.1) is 12.3 Å². The van der Waals surface area contributed by atoms with Gasteiger partial charge in [0.2, 0.25) is 0 Å². The predicted molar refractivity (Wildman–Crippen MR) is 76.2 cm³/mol. The van der Waals surface area contributed by atoms with Gasteiger partial charge >= 0.3 is 0 Å². The Kier molecular flexibility index (Phi) is 2.46. The number of para-hydroxylation sites is 1. The van der Waals surface area contributed by atoms with Crippen molar-refractivity contribution >= 4 is 0 Å². The third-order valence-electron chi connectivity index (χ3n) is 4.10. The maximum Gasteiger partial charge on any atom is 0.254 e. The number of fused-ring (bicyclic) bond motifs is 1. The Morgan fingerprint density at radius 3 is 3.00 bits per heavy atom. The van der Waals surface area contributed by atoms with Crippen LogP contribution in [0.25, 0.3) is 11.3 Å². The fourth-order valence-electron chi connectivity index (χ4n) is 2.76. The molecule has 2 heterocycles. The molecule has 4 heteroatoms. The lowest BCUT2D eigenvalue weighted by Gasteiger charge is -2.11. The van der Waals surface area contributed by atoms with Crippen LogP contribution in [0.3, 0.4) is 0 Å². The normalized spacial score (nSPS) is 16.9. The number of aromatic amines is 1. The summed E-state index contributed by atoms with van der Waals surface area (Å²) in [5, 5.41) is 0. The monoisotopic (exact) mass is 268 g/mol. The third kappa shape index (κ3) is 1.75. The van der Waals surface area contributed by atoms with Crippen molar-refractivity contribution in [3.63, 3.8) is 0 Å². The zero-order valence-electron chi connectivity index (χ0n) is 11.4. The molecule has 0 spiro atoms. The van der Waals surface area contributed by atoms with Crippen molar-refractivity contribution in [2.45, 2.75) is 32.1 Å². The third-order valence-corrected chi connectivity index (χ3v) is 4.10. The van der Waals surface area contributed by atoms with Crippen molar-refractivity contribution in [3.8, 4) is 17.0 Å². The van der Waals surface area contributed by atoms with Crippen LogP contribution in [0.5, 0.6) is 5.75 Å². The molecule has 1 aromatic carbocycles. The molecule has 0 bridgehead atoms. The van der Waals surface area contributed by atoms with Gasteiger partial charge in [0.25, 0.3) is 5.56 Å². The summed E-state index contributed by atoms with van der Waals surface area (Å²) < 4.78 is 5.74. The highest BCUT2D eigenvalue weighted by atomic mass is 16.5. The number of nitrogens with zero attached hydrogens (tertiary/aromatic N) is 1. The molecule has 20 heavy (non-hydrogen) atoms. The molecule has 1 saturated carbocycles. The zero-order valence-corrected chi connectivity index (χ0v) is 11.4. The van der Waals surface area contributed by atoms with E-state index >= 15 is 0 Å². The van der Waals surface area contributed by atoms with Crippen LogP contribution in [0, 0.1) is 6.92 Å². The van der Waals surface area contributed by atoms with Gasteiger partial charge in [-0.2, -0.15) is 0 Å². The second-order valence-electron chi connectivity index (χ2n) is 5.59. The molecule has 102 valence electrons. The summed E-state index contributed by atoms with van der Waals surface area (Å²) in [6.07, 6.45) is 3.17. The van der Waals surface area contributed by atoms with E-state index in [1.165, 1.54) is 5.56 Å². The van der Waals surface area contributed by atoms with Crippen molar-refractivity contribution in [1.29, 1.82) is 0 Å². The average Bonchev–Trinajstić information content (AvgIpc) is 3.19. The van der Waals surface area contributed by atoms with Crippen LogP contribution in [0.1, 0.15) is 35.7 Å². The lowest BCUT2D eigenvalue weighted by atomic mass is 10.0. The number of nitrogens with one attached hydrogen (secondary N) is 1. The molecule has 0 radical (unpaired) electrons. The van der Waals surface area contributed by atoms with Crippen molar-refractivity contribution in [1.82, 2.24) is 9.97 Å². The molecule has 2 aliphatic rings. The summed E-state index contributed by atoms with van der Waals surface area (Å²) in [5.74, 6) is 2.15. The largest absolute Gasteiger partial charge is 0.492 e. The van der Waals surface area contributed by atoms with Crippen LogP contribution >= 0.6 is 0 Å². The van der Waals surface area contributed by atoms with Crippen LogP contribution in [-0.4, -0.2) is 16.6 Å². The standard InChI is InChI=1S/C16H16N2O2/c1-9-13(17-15(11-5-6-11)18-16(9)19)12-4-2-3-10-7-8-20-14(10)12/h2-4,11H,5-8H2,1H3,(H,17,18,19). The molecule has 0 atom stereocenters. The van der Waals surface area contributed by atoms with Crippen LogP contribution in [0.15, 0.2) is 23.0 Å². The van der Waals surface area contributed by atoms with Gasteiger partial charge in [-0.15, -0.1) is 0 Å². The second-order valence-corrected chi connectivity index (χ2v) is 5.59. The summed E-state index contributed by atoms with van der Waals surface area (Å²) in [6, 6.07) is 6.09. The molecule has 0 saturated heterocycles. The highest BCUT2D eigenvalue weighted by Crippen LogP contribution is 2.40. The number of H-pyrrole nitrogens is 1. The first-order valence-electron chi connectivity index (χ1n) is 7.10. The van der Waals surface area contributed by atoms with Gasteiger partial charge in [0.1, 0.15) is 11.6 Å². The lowest BCUT2D eigenvalue weighted by molar-refractivity contribution is 0.358. The lowest BCUT2D eigenvalue weighted by Crippen LogP contribution is -2.15. The van der Waals surface area contributed by atoms with E-state index in [1.807, 2.05) is 19.1 Å². The minimum Gasteiger partial charge on any atom is -0.492 e. The maximum atomic E-state index is 12.1. The topological polar surface area (TPSA) is 55.0 Å². The van der Waals surface area contributed by atoms with E-state index in [-0.39, 0.29) is 5.56 Å². The number of rotatable bonds is 2. The van der Waals surface area contributed by atoms with Crippen LogP contribution in [0.4, 0.5) is 0 Å². The van der Waals surface area contributed by atoms with Gasteiger partial charge in [-0.3, -0.25) is 4.79 Å². The van der Waals surface area contributed by atoms with Gasteiger partial charge in [0, 0.05) is 23.5 Å². The van der Waals surface area contributed by atoms with Gasteiger partial charge in [-0.25, -0.2) is 4.98 Å². The Hall–Kier alpha value is -2.10. The summed E-state index contributed by atoms with van der Waals surface area (Å²) in [7, 11) is 0. The Morgan fingerprint density at radius 1 is 1.35 bits per heavy atom. The molecule has 1 aliphatic heterocycles. The van der Waals surface area contributed by atoms with Gasteiger partial charge in [-0.05, 0) is 31.4 Å². The molecular weight excluding hydrogens is 252 g/mol. The molecule has 4 rings (SSSR count). The highest BCUT2D eigenvalue weighted by Gasteiger charge is 2.28. The van der Waals surface area contributed by atoms with E-state index in [0.717, 1.165) is 42.1 Å². The predicted octanol–water partition coefficient (Wildman–Crippen LogP) is 2.56. The molecular formula is C16H16N2O2. The Balaban J connectivity index is 1.94. The van der Waals surface area contributed by atoms with Crippen LogP contribution < -0.4 is 10.3 Å². The minimum atomic E-state index is -0.0347. The molecule has 4 nitrogen and oxygen atoms in total. The molecule has 0 amide bonds. The molecule has 1 N–H and O–H groups in total. The van der Waals surface area contributed by atoms with Gasteiger partial charge in [-0.1, -0.05) is 12.1 Å². The smallest absolute Gasteiger partial charge is 0.254 e. The Bertz CT molecular complexity index is 745. The van der Waals surface area contributed by atoms with Crippen molar-refractivity contribution in [3.05, 3.63) is 45.5 Å². The summed E-state index contributed by atoms with van der Waals surface area (Å²) >= 11 is 0. The zero-order chi connectivity index (χ0) is 13.7. The Labute approximate surface area is 116 Å². The number of hydrogen-bond acceptors (Lipinski definition) is 3. The minimum absolute atomic E-state index is 0.0347. The van der Waals surface area contributed by atoms with Crippen molar-refractivity contribution < 1.29 is 4.74 Å². The van der Waals surface area contributed by atoms with Gasteiger partial charge < -0.3 is 9.72 Å². The second kappa shape index (κ2) is 4.20. The number of aromatic nitrogens is 2. The highest BCUT2D eigenvalue weighted by molar-refractivity contribution is 5.72. The van der Waals surface area contributed by atoms with Crippen molar-refractivity contribution in [2.75, 3.05) is 6.61 Å². The van der Waals surface area contributed by atoms with Gasteiger partial charge in [0.15, 0.2) is 0 Å². The molecule has 2 aromatic rings. The fraction of sp³-hybridized carbons (Fsp3) is 0.375. The molecule has 1 aromatic heterocycles. The Morgan fingerprint density at radius 2 is 2.20 bits per heavy atom. The van der Waals surface area contributed by atoms with Crippen molar-refractivity contribution in [2.24, 2.45) is 0 Å². The van der Waals surface area contributed by atoms with E-state index in [1.54, 1.807) is 0 Å². The van der Waals surface area contributed by atoms with E-state index in [4.69, 9.17) is 9.72 Å². The summed E-state index contributed by atoms with van der Waals surface area (Å²) in [4.78, 5) is 19.7. The van der Waals surface area contributed by atoms with Crippen LogP contribution in [-0.2, 0) is 6.42 Å². The summed E-state index contributed by atoms with van der Waals surface area (Å²) in [5.41, 5.74) is 3.56. The number of ether oxygens (including phenoxy) is 1. The molecule has 0 unspecified atom stereocenters. The first kappa shape index (κ1) is 11.7. The van der Waals surface area contributed by atoms with E-state index in [2.05, 4.69) is 11.1 Å².